The molecule has 0 N–H and O–H groups in total. The van der Waals surface area contributed by atoms with Crippen molar-refractivity contribution in [3.05, 3.63) is 65.2 Å². The van der Waals surface area contributed by atoms with E-state index in [1.165, 1.54) is 12.3 Å². The van der Waals surface area contributed by atoms with Gasteiger partial charge in [0.05, 0.1) is 11.0 Å². The van der Waals surface area contributed by atoms with Crippen LogP contribution in [0.25, 0.3) is 0 Å². The van der Waals surface area contributed by atoms with Crippen LogP contribution in [0.1, 0.15) is 40.9 Å². The lowest BCUT2D eigenvalue weighted by Crippen LogP contribution is -2.43. The van der Waals surface area contributed by atoms with Gasteiger partial charge in [0.1, 0.15) is 11.5 Å². The van der Waals surface area contributed by atoms with E-state index in [1.54, 1.807) is 12.1 Å². The molecule has 1 aliphatic carbocycles. The minimum Gasteiger partial charge on any atom is -0.291 e. The molecule has 3 rings (SSSR count). The van der Waals surface area contributed by atoms with Crippen molar-refractivity contribution < 1.29 is 22.4 Å². The van der Waals surface area contributed by atoms with Gasteiger partial charge in [-0.05, 0) is 48.7 Å². The van der Waals surface area contributed by atoms with Gasteiger partial charge in [-0.3, -0.25) is 9.78 Å². The van der Waals surface area contributed by atoms with Crippen molar-refractivity contribution in [1.29, 1.82) is 0 Å². The van der Waals surface area contributed by atoms with Crippen molar-refractivity contribution in [3.63, 3.8) is 0 Å². The van der Waals surface area contributed by atoms with Gasteiger partial charge < -0.3 is 0 Å². The smallest absolute Gasteiger partial charge is 0.291 e. The topological polar surface area (TPSA) is 30.0 Å². The molecule has 0 amide bonds. The number of halogens is 4. The highest BCUT2D eigenvalue weighted by molar-refractivity contribution is 6.03. The lowest BCUT2D eigenvalue weighted by molar-refractivity contribution is -0.137. The van der Waals surface area contributed by atoms with Crippen LogP contribution in [-0.4, -0.2) is 10.8 Å². The van der Waals surface area contributed by atoms with Crippen molar-refractivity contribution in [2.45, 2.75) is 30.9 Å². The first-order valence-corrected chi connectivity index (χ1v) is 7.17. The zero-order valence-electron chi connectivity index (χ0n) is 12.0. The molecule has 0 saturated heterocycles. The van der Waals surface area contributed by atoms with Gasteiger partial charge in [-0.2, -0.15) is 13.2 Å². The second kappa shape index (κ2) is 5.44. The Morgan fingerprint density at radius 3 is 2.39 bits per heavy atom. The fourth-order valence-electron chi connectivity index (χ4n) is 2.95. The summed E-state index contributed by atoms with van der Waals surface area (Å²) in [6, 6.07) is 7.15. The maximum atomic E-state index is 13.7. The summed E-state index contributed by atoms with van der Waals surface area (Å²) in [5, 5.41) is 0. The van der Waals surface area contributed by atoms with Crippen LogP contribution in [0.4, 0.5) is 17.6 Å². The van der Waals surface area contributed by atoms with Crippen LogP contribution in [0.3, 0.4) is 0 Å². The van der Waals surface area contributed by atoms with Crippen LogP contribution in [0.2, 0.25) is 0 Å². The summed E-state index contributed by atoms with van der Waals surface area (Å²) in [6.45, 7) is 0. The molecule has 0 aliphatic heterocycles. The van der Waals surface area contributed by atoms with Gasteiger partial charge in [0.25, 0.3) is 0 Å². The summed E-state index contributed by atoms with van der Waals surface area (Å²) in [4.78, 5) is 16.7. The number of aromatic nitrogens is 1. The second-order valence-corrected chi connectivity index (χ2v) is 5.71. The molecular weight excluding hydrogens is 310 g/mol. The molecule has 6 heteroatoms. The van der Waals surface area contributed by atoms with Crippen molar-refractivity contribution in [2.24, 2.45) is 0 Å². The van der Waals surface area contributed by atoms with Crippen LogP contribution in [-0.2, 0) is 11.6 Å². The van der Waals surface area contributed by atoms with Gasteiger partial charge in [-0.15, -0.1) is 0 Å². The summed E-state index contributed by atoms with van der Waals surface area (Å²) in [5.74, 6) is -1.35. The lowest BCUT2D eigenvalue weighted by atomic mass is 9.61. The SMILES string of the molecule is O=C(c1ccccn1)C1(c2cc(F)cc(C(F)(F)F)c2)CCC1. The monoisotopic (exact) mass is 323 g/mol. The Hall–Kier alpha value is -2.24. The van der Waals surface area contributed by atoms with Crippen molar-refractivity contribution in [2.75, 3.05) is 0 Å². The molecule has 1 saturated carbocycles. The summed E-state index contributed by atoms with van der Waals surface area (Å²) < 4.78 is 52.4. The number of Topliss-reactive ketones (excluding diaryl/α,β-unsaturated/α-hetero) is 1. The molecule has 2 nitrogen and oxygen atoms in total. The van der Waals surface area contributed by atoms with E-state index in [0.29, 0.717) is 25.3 Å². The summed E-state index contributed by atoms with van der Waals surface area (Å²) in [7, 11) is 0. The standard InChI is InChI=1S/C17H13F4NO/c18-13-9-11(8-12(10-13)17(19,20)21)16(5-3-6-16)15(23)14-4-1-2-7-22-14/h1-2,4,7-10H,3,5-6H2. The normalized spacial score (nSPS) is 16.7. The van der Waals surface area contributed by atoms with Crippen LogP contribution in [0.15, 0.2) is 42.6 Å². The number of ketones is 1. The van der Waals surface area contributed by atoms with Gasteiger partial charge >= 0.3 is 6.18 Å². The number of hydrogen-bond donors (Lipinski definition) is 0. The molecule has 0 radical (unpaired) electrons. The van der Waals surface area contributed by atoms with E-state index in [9.17, 15) is 22.4 Å². The molecule has 1 aromatic carbocycles. The van der Waals surface area contributed by atoms with E-state index < -0.39 is 23.0 Å². The Balaban J connectivity index is 2.08. The predicted molar refractivity (Wildman–Crippen MR) is 75.5 cm³/mol. The van der Waals surface area contributed by atoms with E-state index >= 15 is 0 Å². The highest BCUT2D eigenvalue weighted by Gasteiger charge is 2.47. The predicted octanol–water partition coefficient (Wildman–Crippen LogP) is 4.54. The minimum absolute atomic E-state index is 0.0757. The maximum Gasteiger partial charge on any atom is 0.416 e. The number of benzene rings is 1. The van der Waals surface area contributed by atoms with Crippen LogP contribution in [0, 0.1) is 5.82 Å². The Morgan fingerprint density at radius 2 is 1.87 bits per heavy atom. The Labute approximate surface area is 130 Å². The molecule has 2 aromatic rings. The Kier molecular flexibility index (Phi) is 3.70. The largest absolute Gasteiger partial charge is 0.416 e. The Bertz CT molecular complexity index is 736. The summed E-state index contributed by atoms with van der Waals surface area (Å²) in [6.07, 6.45) is -1.72. The average molecular weight is 323 g/mol. The molecule has 0 atom stereocenters. The van der Waals surface area contributed by atoms with Crippen molar-refractivity contribution >= 4 is 5.78 Å². The molecule has 0 bridgehead atoms. The number of carbonyl (C=O) groups excluding carboxylic acids is 1. The van der Waals surface area contributed by atoms with Crippen molar-refractivity contribution in [3.8, 4) is 0 Å². The molecule has 1 aliphatic rings. The molecule has 23 heavy (non-hydrogen) atoms. The molecule has 1 aromatic heterocycles. The minimum atomic E-state index is -4.66. The first-order valence-electron chi connectivity index (χ1n) is 7.17. The third-order valence-corrected chi connectivity index (χ3v) is 4.32. The molecular formula is C17H13F4NO. The van der Waals surface area contributed by atoms with Gasteiger partial charge in [0, 0.05) is 6.20 Å². The van der Waals surface area contributed by atoms with Gasteiger partial charge in [0.15, 0.2) is 5.78 Å². The first-order chi connectivity index (χ1) is 10.8. The average Bonchev–Trinajstić information content (AvgIpc) is 2.45. The van der Waals surface area contributed by atoms with E-state index in [-0.39, 0.29) is 17.0 Å². The van der Waals surface area contributed by atoms with E-state index in [4.69, 9.17) is 0 Å². The maximum absolute atomic E-state index is 13.7. The van der Waals surface area contributed by atoms with Gasteiger partial charge in [-0.1, -0.05) is 12.5 Å². The van der Waals surface area contributed by atoms with Crippen LogP contribution >= 0.6 is 0 Å². The second-order valence-electron chi connectivity index (χ2n) is 5.71. The fraction of sp³-hybridized carbons (Fsp3) is 0.294. The fourth-order valence-corrected chi connectivity index (χ4v) is 2.95. The quantitative estimate of drug-likeness (QED) is 0.613. The molecule has 0 spiro atoms. The molecule has 120 valence electrons. The highest BCUT2D eigenvalue weighted by Crippen LogP contribution is 2.47. The number of hydrogen-bond acceptors (Lipinski definition) is 2. The third kappa shape index (κ3) is 2.73. The number of rotatable bonds is 3. The lowest BCUT2D eigenvalue weighted by Gasteiger charge is -2.41. The van der Waals surface area contributed by atoms with Gasteiger partial charge in [-0.25, -0.2) is 4.39 Å². The van der Waals surface area contributed by atoms with Crippen molar-refractivity contribution in [1.82, 2.24) is 4.98 Å². The van der Waals surface area contributed by atoms with Gasteiger partial charge in [0.2, 0.25) is 0 Å². The molecule has 1 heterocycles. The number of pyridine rings is 1. The highest BCUT2D eigenvalue weighted by atomic mass is 19.4. The van der Waals surface area contributed by atoms with Crippen LogP contribution in [0.5, 0.6) is 0 Å². The molecule has 1 fully saturated rings. The van der Waals surface area contributed by atoms with E-state index in [2.05, 4.69) is 4.98 Å². The number of carbonyl (C=O) groups is 1. The number of alkyl halides is 3. The zero-order chi connectivity index (χ0) is 16.7. The molecule has 0 unspecified atom stereocenters. The summed E-state index contributed by atoms with van der Waals surface area (Å²) >= 11 is 0. The zero-order valence-corrected chi connectivity index (χ0v) is 12.0. The van der Waals surface area contributed by atoms with E-state index in [1.807, 2.05) is 0 Å². The number of nitrogens with zero attached hydrogens (tertiary/aromatic N) is 1. The van der Waals surface area contributed by atoms with Crippen LogP contribution < -0.4 is 0 Å². The van der Waals surface area contributed by atoms with E-state index in [0.717, 1.165) is 12.1 Å². The summed E-state index contributed by atoms with van der Waals surface area (Å²) in [5.41, 5.74) is -1.93. The Morgan fingerprint density at radius 1 is 1.13 bits per heavy atom. The third-order valence-electron chi connectivity index (χ3n) is 4.32. The first kappa shape index (κ1) is 15.6.